The molecule has 2 aromatic rings. The molecular formula is C19H20Cl2N2O3. The van der Waals surface area contributed by atoms with Gasteiger partial charge in [-0.2, -0.15) is 0 Å². The zero-order valence-electron chi connectivity index (χ0n) is 14.4. The standard InChI is InChI=1S/C19H20Cl2N2O3/c1-11(2)17(19(25)26)22-10-12-4-3-5-14(8-12)23-18(24)15-7-6-13(20)9-16(15)21/h3-9,11,17,22H,10H2,1-2H3,(H,23,24)(H,25,26)/t17-/m1/s1. The number of amides is 1. The van der Waals surface area contributed by atoms with Crippen molar-refractivity contribution in [1.82, 2.24) is 5.32 Å². The summed E-state index contributed by atoms with van der Waals surface area (Å²) in [5.74, 6) is -1.27. The predicted molar refractivity (Wildman–Crippen MR) is 104 cm³/mol. The van der Waals surface area contributed by atoms with Crippen LogP contribution in [0.25, 0.3) is 0 Å². The number of rotatable bonds is 7. The summed E-state index contributed by atoms with van der Waals surface area (Å²) in [6, 6.07) is 11.2. The highest BCUT2D eigenvalue weighted by Crippen LogP contribution is 2.22. The van der Waals surface area contributed by atoms with E-state index >= 15 is 0 Å². The predicted octanol–water partition coefficient (Wildman–Crippen LogP) is 4.44. The molecule has 26 heavy (non-hydrogen) atoms. The molecule has 0 aliphatic heterocycles. The van der Waals surface area contributed by atoms with Crippen molar-refractivity contribution in [3.8, 4) is 0 Å². The molecule has 1 atom stereocenters. The number of carboxylic acid groups (broad SMARTS) is 1. The molecule has 0 spiro atoms. The van der Waals surface area contributed by atoms with Gasteiger partial charge >= 0.3 is 5.97 Å². The number of hydrogen-bond donors (Lipinski definition) is 3. The van der Waals surface area contributed by atoms with E-state index in [0.717, 1.165) is 5.56 Å². The molecule has 2 aromatic carbocycles. The van der Waals surface area contributed by atoms with Gasteiger partial charge in [0.25, 0.3) is 5.91 Å². The molecule has 0 aromatic heterocycles. The van der Waals surface area contributed by atoms with E-state index in [0.29, 0.717) is 22.8 Å². The SMILES string of the molecule is CC(C)[C@@H](NCc1cccc(NC(=O)c2ccc(Cl)cc2Cl)c1)C(=O)O. The molecule has 7 heteroatoms. The number of hydrogen-bond acceptors (Lipinski definition) is 3. The number of aliphatic carboxylic acids is 1. The Balaban J connectivity index is 2.06. The molecule has 0 saturated heterocycles. The first kappa shape index (κ1) is 20.2. The Bertz CT molecular complexity index is 809. The van der Waals surface area contributed by atoms with Gasteiger partial charge in [-0.25, -0.2) is 0 Å². The minimum atomic E-state index is -0.887. The number of halogens is 2. The van der Waals surface area contributed by atoms with E-state index in [-0.39, 0.29) is 16.8 Å². The maximum atomic E-state index is 12.4. The molecule has 0 radical (unpaired) electrons. The van der Waals surface area contributed by atoms with Gasteiger partial charge in [0.05, 0.1) is 10.6 Å². The van der Waals surface area contributed by atoms with Crippen LogP contribution in [0.3, 0.4) is 0 Å². The Morgan fingerprint density at radius 3 is 2.46 bits per heavy atom. The first-order chi connectivity index (χ1) is 12.3. The highest BCUT2D eigenvalue weighted by atomic mass is 35.5. The third kappa shape index (κ3) is 5.46. The third-order valence-electron chi connectivity index (χ3n) is 3.82. The van der Waals surface area contributed by atoms with Gasteiger partial charge < -0.3 is 15.7 Å². The zero-order valence-corrected chi connectivity index (χ0v) is 15.9. The number of carbonyl (C=O) groups excluding carboxylic acids is 1. The Morgan fingerprint density at radius 2 is 1.85 bits per heavy atom. The normalized spacial score (nSPS) is 12.0. The van der Waals surface area contributed by atoms with Crippen molar-refractivity contribution < 1.29 is 14.7 Å². The van der Waals surface area contributed by atoms with Crippen molar-refractivity contribution in [3.05, 3.63) is 63.6 Å². The lowest BCUT2D eigenvalue weighted by Crippen LogP contribution is -2.40. The van der Waals surface area contributed by atoms with Crippen molar-refractivity contribution in [2.24, 2.45) is 5.92 Å². The number of carbonyl (C=O) groups is 2. The minimum Gasteiger partial charge on any atom is -0.480 e. The fourth-order valence-electron chi connectivity index (χ4n) is 2.47. The summed E-state index contributed by atoms with van der Waals surface area (Å²) in [4.78, 5) is 23.6. The third-order valence-corrected chi connectivity index (χ3v) is 4.37. The summed E-state index contributed by atoms with van der Waals surface area (Å²) in [6.07, 6.45) is 0. The van der Waals surface area contributed by atoms with Crippen LogP contribution < -0.4 is 10.6 Å². The van der Waals surface area contributed by atoms with Gasteiger partial charge in [0.1, 0.15) is 6.04 Å². The quantitative estimate of drug-likeness (QED) is 0.648. The molecule has 0 fully saturated rings. The summed E-state index contributed by atoms with van der Waals surface area (Å²) < 4.78 is 0. The second kappa shape index (κ2) is 9.03. The highest BCUT2D eigenvalue weighted by Gasteiger charge is 2.20. The van der Waals surface area contributed by atoms with Crippen molar-refractivity contribution in [2.75, 3.05) is 5.32 Å². The average Bonchev–Trinajstić information content (AvgIpc) is 2.54. The smallest absolute Gasteiger partial charge is 0.320 e. The maximum Gasteiger partial charge on any atom is 0.320 e. The molecule has 0 saturated carbocycles. The Hall–Kier alpha value is -2.08. The summed E-state index contributed by atoms with van der Waals surface area (Å²) in [7, 11) is 0. The second-order valence-corrected chi connectivity index (χ2v) is 7.06. The van der Waals surface area contributed by atoms with Gasteiger partial charge in [-0.1, -0.05) is 49.2 Å². The maximum absolute atomic E-state index is 12.4. The van der Waals surface area contributed by atoms with Gasteiger partial charge in [0.2, 0.25) is 0 Å². The van der Waals surface area contributed by atoms with Crippen LogP contribution in [0.4, 0.5) is 5.69 Å². The molecule has 2 rings (SSSR count). The zero-order chi connectivity index (χ0) is 19.3. The lowest BCUT2D eigenvalue weighted by Gasteiger charge is -2.18. The lowest BCUT2D eigenvalue weighted by molar-refractivity contribution is -0.140. The average molecular weight is 395 g/mol. The Morgan fingerprint density at radius 1 is 1.12 bits per heavy atom. The van der Waals surface area contributed by atoms with Gasteiger partial charge in [0.15, 0.2) is 0 Å². The number of anilines is 1. The molecule has 0 aliphatic carbocycles. The molecule has 1 amide bonds. The van der Waals surface area contributed by atoms with Gasteiger partial charge in [-0.15, -0.1) is 0 Å². The van der Waals surface area contributed by atoms with Crippen LogP contribution in [0.5, 0.6) is 0 Å². The van der Waals surface area contributed by atoms with Crippen LogP contribution in [0.1, 0.15) is 29.8 Å². The summed E-state index contributed by atoms with van der Waals surface area (Å²) in [5, 5.41) is 15.7. The molecule has 0 unspecified atom stereocenters. The molecule has 3 N–H and O–H groups in total. The van der Waals surface area contributed by atoms with E-state index in [1.807, 2.05) is 19.9 Å². The number of carboxylic acids is 1. The summed E-state index contributed by atoms with van der Waals surface area (Å²) in [5.41, 5.74) is 1.78. The van der Waals surface area contributed by atoms with Crippen molar-refractivity contribution >= 4 is 40.8 Å². The van der Waals surface area contributed by atoms with Crippen LogP contribution in [-0.4, -0.2) is 23.0 Å². The summed E-state index contributed by atoms with van der Waals surface area (Å²) in [6.45, 7) is 4.07. The van der Waals surface area contributed by atoms with E-state index in [2.05, 4.69) is 10.6 Å². The van der Waals surface area contributed by atoms with Crippen LogP contribution >= 0.6 is 23.2 Å². The van der Waals surface area contributed by atoms with E-state index in [4.69, 9.17) is 23.2 Å². The molecular weight excluding hydrogens is 375 g/mol. The van der Waals surface area contributed by atoms with Crippen LogP contribution in [-0.2, 0) is 11.3 Å². The van der Waals surface area contributed by atoms with E-state index in [1.165, 1.54) is 6.07 Å². The van der Waals surface area contributed by atoms with Gasteiger partial charge in [-0.3, -0.25) is 9.59 Å². The van der Waals surface area contributed by atoms with E-state index < -0.39 is 12.0 Å². The fraction of sp³-hybridized carbons (Fsp3) is 0.263. The van der Waals surface area contributed by atoms with E-state index in [9.17, 15) is 14.7 Å². The number of benzene rings is 2. The fourth-order valence-corrected chi connectivity index (χ4v) is 2.96. The monoisotopic (exact) mass is 394 g/mol. The van der Waals surface area contributed by atoms with E-state index in [1.54, 1.807) is 30.3 Å². The lowest BCUT2D eigenvalue weighted by atomic mass is 10.0. The first-order valence-corrected chi connectivity index (χ1v) is 8.85. The molecule has 138 valence electrons. The van der Waals surface area contributed by atoms with Gasteiger partial charge in [-0.05, 0) is 41.8 Å². The topological polar surface area (TPSA) is 78.4 Å². The molecule has 0 aliphatic rings. The van der Waals surface area contributed by atoms with Crippen LogP contribution in [0.2, 0.25) is 10.0 Å². The highest BCUT2D eigenvalue weighted by molar-refractivity contribution is 6.37. The Labute approximate surface area is 162 Å². The second-order valence-electron chi connectivity index (χ2n) is 6.22. The number of nitrogens with one attached hydrogen (secondary N) is 2. The molecule has 0 heterocycles. The van der Waals surface area contributed by atoms with Crippen molar-refractivity contribution in [1.29, 1.82) is 0 Å². The van der Waals surface area contributed by atoms with Gasteiger partial charge in [0, 0.05) is 17.3 Å². The first-order valence-electron chi connectivity index (χ1n) is 8.09. The Kier molecular flexibility index (Phi) is 7.03. The van der Waals surface area contributed by atoms with Crippen LogP contribution in [0.15, 0.2) is 42.5 Å². The summed E-state index contributed by atoms with van der Waals surface area (Å²) >= 11 is 11.9. The molecule has 0 bridgehead atoms. The largest absolute Gasteiger partial charge is 0.480 e. The van der Waals surface area contributed by atoms with Crippen molar-refractivity contribution in [3.63, 3.8) is 0 Å². The minimum absolute atomic E-state index is 0.0394. The van der Waals surface area contributed by atoms with Crippen molar-refractivity contribution in [2.45, 2.75) is 26.4 Å². The van der Waals surface area contributed by atoms with Crippen LogP contribution in [0, 0.1) is 5.92 Å². The molecule has 5 nitrogen and oxygen atoms in total.